The average molecular weight is 291 g/mol. The summed E-state index contributed by atoms with van der Waals surface area (Å²) < 4.78 is 0. The first-order chi connectivity index (χ1) is 9.76. The number of carbonyl (C=O) groups is 1. The molecule has 3 fully saturated rings. The van der Waals surface area contributed by atoms with Crippen molar-refractivity contribution < 1.29 is 4.79 Å². The molecule has 2 aliphatic heterocycles. The lowest BCUT2D eigenvalue weighted by molar-refractivity contribution is -0.117. The average Bonchev–Trinajstić information content (AvgIpc) is 3.08. The van der Waals surface area contributed by atoms with E-state index in [2.05, 4.69) is 21.0 Å². The van der Waals surface area contributed by atoms with Gasteiger partial charge in [0.2, 0.25) is 5.91 Å². The van der Waals surface area contributed by atoms with Gasteiger partial charge in [-0.3, -0.25) is 4.79 Å². The maximum absolute atomic E-state index is 12.1. The second-order valence-electron chi connectivity index (χ2n) is 6.58. The fraction of sp³-hybridized carbons (Fsp3) is 0.733. The predicted octanol–water partition coefficient (Wildman–Crippen LogP) is 2.88. The van der Waals surface area contributed by atoms with E-state index < -0.39 is 0 Å². The summed E-state index contributed by atoms with van der Waals surface area (Å²) >= 11 is 1.57. The van der Waals surface area contributed by atoms with Crippen molar-refractivity contribution in [2.75, 3.05) is 5.32 Å². The van der Waals surface area contributed by atoms with Crippen molar-refractivity contribution in [1.29, 1.82) is 0 Å². The summed E-state index contributed by atoms with van der Waals surface area (Å²) in [6.45, 7) is 0. The van der Waals surface area contributed by atoms with Gasteiger partial charge in [0, 0.05) is 29.8 Å². The van der Waals surface area contributed by atoms with Crippen molar-refractivity contribution in [3.05, 3.63) is 11.1 Å². The van der Waals surface area contributed by atoms with Gasteiger partial charge >= 0.3 is 0 Å². The molecule has 4 rings (SSSR count). The van der Waals surface area contributed by atoms with E-state index >= 15 is 0 Å². The van der Waals surface area contributed by atoms with Crippen molar-refractivity contribution in [1.82, 2.24) is 10.3 Å². The van der Waals surface area contributed by atoms with Gasteiger partial charge in [0.25, 0.3) is 0 Å². The van der Waals surface area contributed by atoms with E-state index in [-0.39, 0.29) is 5.91 Å². The van der Waals surface area contributed by atoms with Gasteiger partial charge in [-0.15, -0.1) is 11.3 Å². The van der Waals surface area contributed by atoms with E-state index in [1.54, 1.807) is 11.3 Å². The summed E-state index contributed by atoms with van der Waals surface area (Å²) in [6, 6.07) is 1.32. The minimum atomic E-state index is 0.146. The Morgan fingerprint density at radius 3 is 2.75 bits per heavy atom. The zero-order valence-electron chi connectivity index (χ0n) is 11.6. The lowest BCUT2D eigenvalue weighted by atomic mass is 9.89. The third-order valence-corrected chi connectivity index (χ3v) is 5.58. The fourth-order valence-electron chi connectivity index (χ4n) is 3.68. The quantitative estimate of drug-likeness (QED) is 0.897. The van der Waals surface area contributed by atoms with Crippen LogP contribution in [0.15, 0.2) is 5.38 Å². The SMILES string of the molecule is O=C(CC1CC2CCC(C1)N2)Nc1nc(C2CC2)cs1. The number of nitrogens with one attached hydrogen (secondary N) is 2. The van der Waals surface area contributed by atoms with Gasteiger partial charge in [-0.1, -0.05) is 0 Å². The standard InChI is InChI=1S/C15H21N3OS/c19-14(7-9-5-11-3-4-12(6-9)16-11)18-15-17-13(8-20-15)10-1-2-10/h8-12,16H,1-7H2,(H,17,18,19). The number of rotatable bonds is 4. The summed E-state index contributed by atoms with van der Waals surface area (Å²) in [5, 5.41) is 9.50. The van der Waals surface area contributed by atoms with Gasteiger partial charge < -0.3 is 10.6 Å². The fourth-order valence-corrected chi connectivity index (χ4v) is 4.49. The van der Waals surface area contributed by atoms with Crippen LogP contribution in [-0.2, 0) is 4.79 Å². The van der Waals surface area contributed by atoms with Crippen LogP contribution < -0.4 is 10.6 Å². The molecule has 3 heterocycles. The summed E-state index contributed by atoms with van der Waals surface area (Å²) in [7, 11) is 0. The van der Waals surface area contributed by atoms with E-state index in [0.29, 0.717) is 30.3 Å². The highest BCUT2D eigenvalue weighted by atomic mass is 32.1. The third kappa shape index (κ3) is 2.74. The van der Waals surface area contributed by atoms with Crippen molar-refractivity contribution in [2.24, 2.45) is 5.92 Å². The maximum Gasteiger partial charge on any atom is 0.226 e. The van der Waals surface area contributed by atoms with E-state index in [1.165, 1.54) is 31.4 Å². The van der Waals surface area contributed by atoms with Gasteiger partial charge in [0.1, 0.15) is 0 Å². The zero-order valence-corrected chi connectivity index (χ0v) is 12.4. The Morgan fingerprint density at radius 2 is 2.05 bits per heavy atom. The van der Waals surface area contributed by atoms with Crippen molar-refractivity contribution in [2.45, 2.75) is 62.9 Å². The van der Waals surface area contributed by atoms with Crippen LogP contribution in [-0.4, -0.2) is 23.0 Å². The Kier molecular flexibility index (Phi) is 3.27. The Morgan fingerprint density at radius 1 is 1.30 bits per heavy atom. The first-order valence-electron chi connectivity index (χ1n) is 7.77. The van der Waals surface area contributed by atoms with Crippen LogP contribution >= 0.6 is 11.3 Å². The van der Waals surface area contributed by atoms with E-state index in [9.17, 15) is 4.79 Å². The number of carbonyl (C=O) groups excluding carboxylic acids is 1. The number of nitrogens with zero attached hydrogens (tertiary/aromatic N) is 1. The summed E-state index contributed by atoms with van der Waals surface area (Å²) in [5.41, 5.74) is 1.17. The molecule has 108 valence electrons. The first-order valence-corrected chi connectivity index (χ1v) is 8.65. The summed E-state index contributed by atoms with van der Waals surface area (Å²) in [6.07, 6.45) is 8.08. The van der Waals surface area contributed by atoms with Gasteiger partial charge in [0.05, 0.1) is 5.69 Å². The maximum atomic E-state index is 12.1. The molecule has 0 aromatic carbocycles. The van der Waals surface area contributed by atoms with Crippen LogP contribution in [0.25, 0.3) is 0 Å². The highest BCUT2D eigenvalue weighted by Crippen LogP contribution is 2.41. The van der Waals surface area contributed by atoms with Crippen LogP contribution in [0, 0.1) is 5.92 Å². The molecule has 2 unspecified atom stereocenters. The number of amides is 1. The normalized spacial score (nSPS) is 32.3. The molecule has 5 heteroatoms. The van der Waals surface area contributed by atoms with Gasteiger partial charge in [-0.05, 0) is 44.4 Å². The zero-order chi connectivity index (χ0) is 13.5. The summed E-state index contributed by atoms with van der Waals surface area (Å²) in [5.74, 6) is 1.36. The highest BCUT2D eigenvalue weighted by Gasteiger charge is 2.34. The van der Waals surface area contributed by atoms with Crippen LogP contribution in [0.4, 0.5) is 5.13 Å². The number of hydrogen-bond donors (Lipinski definition) is 2. The minimum Gasteiger partial charge on any atom is -0.311 e. The van der Waals surface area contributed by atoms with Crippen LogP contribution in [0.3, 0.4) is 0 Å². The molecule has 1 aromatic heterocycles. The molecule has 1 amide bonds. The Bertz CT molecular complexity index is 499. The number of piperidine rings is 1. The van der Waals surface area contributed by atoms with E-state index in [4.69, 9.17) is 0 Å². The first kappa shape index (κ1) is 12.8. The topological polar surface area (TPSA) is 54.0 Å². The number of thiazole rings is 1. The van der Waals surface area contributed by atoms with Crippen molar-refractivity contribution >= 4 is 22.4 Å². The van der Waals surface area contributed by atoms with Crippen LogP contribution in [0.1, 0.15) is 56.6 Å². The van der Waals surface area contributed by atoms with Gasteiger partial charge in [-0.25, -0.2) is 4.98 Å². The molecule has 1 saturated carbocycles. The third-order valence-electron chi connectivity index (χ3n) is 4.81. The lowest BCUT2D eigenvalue weighted by Gasteiger charge is -2.28. The minimum absolute atomic E-state index is 0.146. The molecule has 1 aliphatic carbocycles. The Hall–Kier alpha value is -0.940. The van der Waals surface area contributed by atoms with Crippen LogP contribution in [0.2, 0.25) is 0 Å². The second-order valence-corrected chi connectivity index (χ2v) is 7.44. The molecular formula is C15H21N3OS. The number of aromatic nitrogens is 1. The molecule has 2 N–H and O–H groups in total. The lowest BCUT2D eigenvalue weighted by Crippen LogP contribution is -2.39. The molecule has 1 aromatic rings. The molecule has 2 bridgehead atoms. The molecule has 4 nitrogen and oxygen atoms in total. The van der Waals surface area contributed by atoms with Gasteiger partial charge in [-0.2, -0.15) is 0 Å². The van der Waals surface area contributed by atoms with Crippen molar-refractivity contribution in [3.63, 3.8) is 0 Å². The largest absolute Gasteiger partial charge is 0.311 e. The molecule has 2 saturated heterocycles. The highest BCUT2D eigenvalue weighted by molar-refractivity contribution is 7.13. The predicted molar refractivity (Wildman–Crippen MR) is 80.0 cm³/mol. The van der Waals surface area contributed by atoms with Gasteiger partial charge in [0.15, 0.2) is 5.13 Å². The number of anilines is 1. The molecule has 20 heavy (non-hydrogen) atoms. The molecule has 0 radical (unpaired) electrons. The summed E-state index contributed by atoms with van der Waals surface area (Å²) in [4.78, 5) is 16.7. The monoisotopic (exact) mass is 291 g/mol. The van der Waals surface area contributed by atoms with E-state index in [0.717, 1.165) is 18.0 Å². The smallest absolute Gasteiger partial charge is 0.226 e. The Labute approximate surface area is 123 Å². The molecule has 2 atom stereocenters. The number of hydrogen-bond acceptors (Lipinski definition) is 4. The Balaban J connectivity index is 1.31. The molecule has 3 aliphatic rings. The van der Waals surface area contributed by atoms with E-state index in [1.807, 2.05) is 0 Å². The second kappa shape index (κ2) is 5.11. The molecular weight excluding hydrogens is 270 g/mol. The van der Waals surface area contributed by atoms with Crippen LogP contribution in [0.5, 0.6) is 0 Å². The number of fused-ring (bicyclic) bond motifs is 2. The van der Waals surface area contributed by atoms with Crippen molar-refractivity contribution in [3.8, 4) is 0 Å². The molecule has 0 spiro atoms.